The van der Waals surface area contributed by atoms with E-state index >= 15 is 0 Å². The zero-order valence-corrected chi connectivity index (χ0v) is 19.9. The van der Waals surface area contributed by atoms with Crippen molar-refractivity contribution in [3.05, 3.63) is 66.0 Å². The molecule has 1 aliphatic heterocycles. The second-order valence-electron chi connectivity index (χ2n) is 7.91. The molecular formula is C24H28N6O4S. The van der Waals surface area contributed by atoms with Gasteiger partial charge >= 0.3 is 0 Å². The number of benzene rings is 2. The van der Waals surface area contributed by atoms with Gasteiger partial charge in [0.1, 0.15) is 10.6 Å². The molecule has 4 rings (SSSR count). The Bertz CT molecular complexity index is 1280. The number of hydrogen-bond acceptors (Lipinski definition) is 9. The second kappa shape index (κ2) is 11.3. The second-order valence-corrected chi connectivity index (χ2v) is 9.82. The zero-order chi connectivity index (χ0) is 24.7. The number of rotatable bonds is 9. The van der Waals surface area contributed by atoms with Crippen LogP contribution >= 0.6 is 0 Å². The van der Waals surface area contributed by atoms with Crippen LogP contribution in [-0.4, -0.2) is 72.2 Å². The SMILES string of the molecule is O=S(=O)(c1ccc(Nc2ncc(/C=C/c3cccc(O)c3)cn2)cc1NCCO)N1CCNCC1. The lowest BCUT2D eigenvalue weighted by Gasteiger charge is -2.27. The van der Waals surface area contributed by atoms with Crippen molar-refractivity contribution in [3.8, 4) is 5.75 Å². The van der Waals surface area contributed by atoms with Crippen LogP contribution in [0.4, 0.5) is 17.3 Å². The number of sulfonamides is 1. The van der Waals surface area contributed by atoms with Crippen molar-refractivity contribution >= 4 is 39.5 Å². The van der Waals surface area contributed by atoms with Gasteiger partial charge in [0.05, 0.1) is 12.3 Å². The van der Waals surface area contributed by atoms with Crippen LogP contribution < -0.4 is 16.0 Å². The topological polar surface area (TPSA) is 140 Å². The third kappa shape index (κ3) is 6.34. The third-order valence-electron chi connectivity index (χ3n) is 5.37. The quantitative estimate of drug-likeness (QED) is 0.301. The van der Waals surface area contributed by atoms with Crippen molar-refractivity contribution in [1.82, 2.24) is 19.6 Å². The maximum atomic E-state index is 13.2. The Labute approximate surface area is 204 Å². The van der Waals surface area contributed by atoms with E-state index in [2.05, 4.69) is 25.9 Å². The fraction of sp³-hybridized carbons (Fsp3) is 0.250. The van der Waals surface area contributed by atoms with E-state index in [1.807, 2.05) is 18.2 Å². The van der Waals surface area contributed by atoms with Crippen molar-refractivity contribution in [2.45, 2.75) is 4.90 Å². The van der Waals surface area contributed by atoms with E-state index in [4.69, 9.17) is 0 Å². The number of anilines is 3. The molecule has 1 saturated heterocycles. The zero-order valence-electron chi connectivity index (χ0n) is 19.1. The molecule has 0 spiro atoms. The smallest absolute Gasteiger partial charge is 0.245 e. The van der Waals surface area contributed by atoms with Crippen LogP contribution in [0.5, 0.6) is 5.75 Å². The van der Waals surface area contributed by atoms with Crippen molar-refractivity contribution in [1.29, 1.82) is 0 Å². The average molecular weight is 497 g/mol. The predicted octanol–water partition coefficient (Wildman–Crippen LogP) is 2.09. The third-order valence-corrected chi connectivity index (χ3v) is 7.32. The molecule has 2 heterocycles. The molecular weight excluding hydrogens is 468 g/mol. The highest BCUT2D eigenvalue weighted by Gasteiger charge is 2.28. The Balaban J connectivity index is 1.50. The number of phenolic OH excluding ortho intramolecular Hbond substituents is 1. The number of piperazine rings is 1. The van der Waals surface area contributed by atoms with E-state index in [1.54, 1.807) is 48.8 Å². The molecule has 1 fully saturated rings. The van der Waals surface area contributed by atoms with Crippen molar-refractivity contribution < 1.29 is 18.6 Å². The van der Waals surface area contributed by atoms with Crippen LogP contribution in [0.3, 0.4) is 0 Å². The molecule has 10 nitrogen and oxygen atoms in total. The van der Waals surface area contributed by atoms with Gasteiger partial charge in [-0.3, -0.25) is 0 Å². The standard InChI is InChI=1S/C24H28N6O4S/c31-13-10-26-22-15-20(6-7-23(22)35(33,34)30-11-8-25-9-12-30)29-24-27-16-19(17-28-24)5-4-18-2-1-3-21(32)14-18/h1-7,14-17,25-26,31-32H,8-13H2,(H,27,28,29)/b5-4+. The van der Waals surface area contributed by atoms with Gasteiger partial charge in [0.25, 0.3) is 0 Å². The van der Waals surface area contributed by atoms with Gasteiger partial charge in [0, 0.05) is 56.4 Å². The van der Waals surface area contributed by atoms with Crippen LogP contribution in [0.2, 0.25) is 0 Å². The van der Waals surface area contributed by atoms with Crippen LogP contribution in [0.1, 0.15) is 11.1 Å². The summed E-state index contributed by atoms with van der Waals surface area (Å²) in [5.41, 5.74) is 2.63. The molecule has 0 bridgehead atoms. The molecule has 0 atom stereocenters. The van der Waals surface area contributed by atoms with Crippen LogP contribution in [0.15, 0.2) is 59.8 Å². The van der Waals surface area contributed by atoms with E-state index in [0.29, 0.717) is 43.5 Å². The van der Waals surface area contributed by atoms with Gasteiger partial charge in [-0.2, -0.15) is 4.31 Å². The number of aliphatic hydroxyl groups is 1. The van der Waals surface area contributed by atoms with Gasteiger partial charge in [-0.15, -0.1) is 0 Å². The van der Waals surface area contributed by atoms with Gasteiger partial charge < -0.3 is 26.2 Å². The largest absolute Gasteiger partial charge is 0.508 e. The minimum Gasteiger partial charge on any atom is -0.508 e. The lowest BCUT2D eigenvalue weighted by Crippen LogP contribution is -2.46. The number of hydrogen-bond donors (Lipinski definition) is 5. The summed E-state index contributed by atoms with van der Waals surface area (Å²) in [6, 6.07) is 11.8. The fourth-order valence-corrected chi connectivity index (χ4v) is 5.21. The Morgan fingerprint density at radius 2 is 1.77 bits per heavy atom. The Hall–Kier alpha value is -3.51. The summed E-state index contributed by atoms with van der Waals surface area (Å²) in [4.78, 5) is 8.81. The number of aromatic nitrogens is 2. The summed E-state index contributed by atoms with van der Waals surface area (Å²) in [6.45, 7) is 2.10. The summed E-state index contributed by atoms with van der Waals surface area (Å²) < 4.78 is 27.8. The minimum atomic E-state index is -3.68. The molecule has 35 heavy (non-hydrogen) atoms. The first-order chi connectivity index (χ1) is 17.0. The molecule has 0 unspecified atom stereocenters. The van der Waals surface area contributed by atoms with Crippen LogP contribution in [-0.2, 0) is 10.0 Å². The Morgan fingerprint density at radius 3 is 2.49 bits per heavy atom. The van der Waals surface area contributed by atoms with Gasteiger partial charge in [-0.05, 0) is 35.9 Å². The number of phenols is 1. The number of nitrogens with zero attached hydrogens (tertiary/aromatic N) is 3. The molecule has 0 saturated carbocycles. The molecule has 11 heteroatoms. The van der Waals surface area contributed by atoms with Crippen molar-refractivity contribution in [2.24, 2.45) is 0 Å². The molecule has 184 valence electrons. The lowest BCUT2D eigenvalue weighted by molar-refractivity contribution is 0.311. The Kier molecular flexibility index (Phi) is 7.93. The molecule has 1 aromatic heterocycles. The summed E-state index contributed by atoms with van der Waals surface area (Å²) in [5, 5.41) is 28.0. The predicted molar refractivity (Wildman–Crippen MR) is 136 cm³/mol. The first-order valence-electron chi connectivity index (χ1n) is 11.2. The van der Waals surface area contributed by atoms with Crippen molar-refractivity contribution in [3.63, 3.8) is 0 Å². The monoisotopic (exact) mass is 496 g/mol. The number of nitrogens with one attached hydrogen (secondary N) is 3. The maximum Gasteiger partial charge on any atom is 0.245 e. The summed E-state index contributed by atoms with van der Waals surface area (Å²) in [7, 11) is -3.68. The summed E-state index contributed by atoms with van der Waals surface area (Å²) >= 11 is 0. The minimum absolute atomic E-state index is 0.133. The van der Waals surface area contributed by atoms with E-state index in [9.17, 15) is 18.6 Å². The normalized spacial score (nSPS) is 14.8. The van der Waals surface area contributed by atoms with E-state index in [1.165, 1.54) is 4.31 Å². The molecule has 5 N–H and O–H groups in total. The highest BCUT2D eigenvalue weighted by molar-refractivity contribution is 7.89. The first kappa shape index (κ1) is 24.6. The van der Waals surface area contributed by atoms with Gasteiger partial charge in [-0.25, -0.2) is 18.4 Å². The summed E-state index contributed by atoms with van der Waals surface area (Å²) in [6.07, 6.45) is 7.00. The molecule has 0 aliphatic carbocycles. The van der Waals surface area contributed by atoms with E-state index in [-0.39, 0.29) is 23.8 Å². The highest BCUT2D eigenvalue weighted by atomic mass is 32.2. The molecule has 1 aliphatic rings. The Morgan fingerprint density at radius 1 is 1.03 bits per heavy atom. The van der Waals surface area contributed by atoms with Crippen molar-refractivity contribution in [2.75, 3.05) is 50.0 Å². The molecule has 2 aromatic carbocycles. The average Bonchev–Trinajstić information content (AvgIpc) is 2.87. The summed E-state index contributed by atoms with van der Waals surface area (Å²) in [5.74, 6) is 0.549. The van der Waals surface area contributed by atoms with Gasteiger partial charge in [0.15, 0.2) is 0 Å². The van der Waals surface area contributed by atoms with Gasteiger partial charge in [0.2, 0.25) is 16.0 Å². The maximum absolute atomic E-state index is 13.2. The van der Waals surface area contributed by atoms with Gasteiger partial charge in [-0.1, -0.05) is 24.3 Å². The highest BCUT2D eigenvalue weighted by Crippen LogP contribution is 2.29. The fourth-order valence-electron chi connectivity index (χ4n) is 3.62. The lowest BCUT2D eigenvalue weighted by atomic mass is 10.2. The number of aliphatic hydroxyl groups excluding tert-OH is 1. The first-order valence-corrected chi connectivity index (χ1v) is 12.7. The van der Waals surface area contributed by atoms with E-state index < -0.39 is 10.0 Å². The molecule has 0 radical (unpaired) electrons. The molecule has 0 amide bonds. The van der Waals surface area contributed by atoms with Crippen LogP contribution in [0, 0.1) is 0 Å². The molecule has 3 aromatic rings. The number of aromatic hydroxyl groups is 1. The van der Waals surface area contributed by atoms with Crippen LogP contribution in [0.25, 0.3) is 12.2 Å². The van der Waals surface area contributed by atoms with E-state index in [0.717, 1.165) is 11.1 Å².